The standard InChI is InChI=1S/C15H21ClN2O5/c1-10-2-3-11(16)8-12(10)18-14(20)9-13(15(21)22)17-4-6-23-7-5-19/h2-3,8,13,17,19H,4-7,9H2,1H3,(H,18,20)(H,21,22)/t13-/m0/s1. The van der Waals surface area contributed by atoms with Gasteiger partial charge in [-0.15, -0.1) is 0 Å². The second-order valence-electron chi connectivity index (χ2n) is 5.00. The van der Waals surface area contributed by atoms with E-state index in [9.17, 15) is 14.7 Å². The van der Waals surface area contributed by atoms with Gasteiger partial charge in [-0.1, -0.05) is 17.7 Å². The molecule has 7 nitrogen and oxygen atoms in total. The number of aryl methyl sites for hydroxylation is 1. The summed E-state index contributed by atoms with van der Waals surface area (Å²) in [4.78, 5) is 23.1. The summed E-state index contributed by atoms with van der Waals surface area (Å²) in [5.74, 6) is -1.75. The molecule has 1 atom stereocenters. The van der Waals surface area contributed by atoms with Crippen molar-refractivity contribution < 1.29 is 29.9 Å². The van der Waals surface area contributed by atoms with E-state index in [0.29, 0.717) is 17.3 Å². The first kappa shape index (κ1) is 19.4. The van der Waals surface area contributed by atoms with Crippen LogP contribution in [-0.4, -0.2) is 49.4 Å². The third kappa shape index (κ3) is 7.43. The highest BCUT2D eigenvalue weighted by molar-refractivity contribution is 6.31. The van der Waals surface area contributed by atoms with Gasteiger partial charge in [-0.05, 0) is 24.6 Å². The number of aliphatic hydroxyl groups is 1. The van der Waals surface area contributed by atoms with Gasteiger partial charge in [0, 0.05) is 10.7 Å². The molecule has 0 aromatic heterocycles. The van der Waals surface area contributed by atoms with E-state index in [1.807, 2.05) is 6.92 Å². The van der Waals surface area contributed by atoms with Crippen LogP contribution in [-0.2, 0) is 14.3 Å². The lowest BCUT2D eigenvalue weighted by Gasteiger charge is -2.17. The lowest BCUT2D eigenvalue weighted by molar-refractivity contribution is -0.683. The molecular formula is C15H21ClN2O5. The topological polar surface area (TPSA) is 115 Å². The number of benzene rings is 1. The smallest absolute Gasteiger partial charge is 0.230 e. The quantitative estimate of drug-likeness (QED) is 0.455. The molecule has 4 N–H and O–H groups in total. The maximum absolute atomic E-state index is 12.0. The highest BCUT2D eigenvalue weighted by Crippen LogP contribution is 2.20. The number of hydrogen-bond donors (Lipinski definition) is 3. The van der Waals surface area contributed by atoms with E-state index < -0.39 is 17.9 Å². The normalized spacial score (nSPS) is 12.0. The van der Waals surface area contributed by atoms with Gasteiger partial charge in [0.1, 0.15) is 6.04 Å². The molecule has 0 spiro atoms. The minimum absolute atomic E-state index is 0.0920. The van der Waals surface area contributed by atoms with Crippen LogP contribution in [0.5, 0.6) is 0 Å². The summed E-state index contributed by atoms with van der Waals surface area (Å²) in [5, 5.41) is 24.3. The van der Waals surface area contributed by atoms with Crippen LogP contribution in [0.25, 0.3) is 0 Å². The molecule has 0 aliphatic heterocycles. The van der Waals surface area contributed by atoms with Crippen LogP contribution in [0.2, 0.25) is 5.02 Å². The maximum Gasteiger partial charge on any atom is 0.230 e. The largest absolute Gasteiger partial charge is 0.544 e. The zero-order valence-electron chi connectivity index (χ0n) is 12.9. The zero-order chi connectivity index (χ0) is 17.2. The lowest BCUT2D eigenvalue weighted by Crippen LogP contribution is -2.94. The summed E-state index contributed by atoms with van der Waals surface area (Å²) in [6.45, 7) is 2.54. The van der Waals surface area contributed by atoms with Gasteiger partial charge in [0.25, 0.3) is 0 Å². The number of quaternary nitrogens is 1. The fourth-order valence-corrected chi connectivity index (χ4v) is 2.08. The predicted octanol–water partition coefficient (Wildman–Crippen LogP) is -1.33. The Morgan fingerprint density at radius 2 is 2.17 bits per heavy atom. The number of hydrogen-bond acceptors (Lipinski definition) is 5. The maximum atomic E-state index is 12.0. The molecule has 1 amide bonds. The number of anilines is 1. The predicted molar refractivity (Wildman–Crippen MR) is 82.9 cm³/mol. The Hall–Kier alpha value is -1.67. The van der Waals surface area contributed by atoms with Crippen LogP contribution >= 0.6 is 11.6 Å². The Kier molecular flexibility index (Phi) is 8.57. The number of nitrogens with two attached hydrogens (primary N) is 1. The number of amides is 1. The van der Waals surface area contributed by atoms with Crippen molar-refractivity contribution in [3.05, 3.63) is 28.8 Å². The van der Waals surface area contributed by atoms with Gasteiger partial charge in [0.05, 0.1) is 38.8 Å². The monoisotopic (exact) mass is 344 g/mol. The summed E-state index contributed by atoms with van der Waals surface area (Å²) in [7, 11) is 0. The molecule has 0 saturated carbocycles. The summed E-state index contributed by atoms with van der Waals surface area (Å²) >= 11 is 5.87. The third-order valence-corrected chi connectivity index (χ3v) is 3.37. The first-order valence-corrected chi connectivity index (χ1v) is 7.60. The van der Waals surface area contributed by atoms with E-state index in [-0.39, 0.29) is 26.2 Å². The Morgan fingerprint density at radius 3 is 2.83 bits per heavy atom. The molecule has 1 aromatic carbocycles. The van der Waals surface area contributed by atoms with Crippen molar-refractivity contribution in [2.24, 2.45) is 0 Å². The van der Waals surface area contributed by atoms with Gasteiger partial charge < -0.3 is 30.4 Å². The van der Waals surface area contributed by atoms with Crippen molar-refractivity contribution in [3.63, 3.8) is 0 Å². The Labute approximate surface area is 139 Å². The van der Waals surface area contributed by atoms with Gasteiger partial charge >= 0.3 is 0 Å². The SMILES string of the molecule is Cc1ccc(Cl)cc1NC(=O)C[C@H]([NH2+]CCOCCO)C(=O)[O-]. The van der Waals surface area contributed by atoms with Crippen LogP contribution < -0.4 is 15.7 Å². The number of nitrogens with one attached hydrogen (secondary N) is 1. The molecule has 128 valence electrons. The molecule has 0 heterocycles. The number of carboxylic acids is 1. The minimum atomic E-state index is -1.31. The van der Waals surface area contributed by atoms with Crippen molar-refractivity contribution in [1.29, 1.82) is 0 Å². The fraction of sp³-hybridized carbons (Fsp3) is 0.467. The van der Waals surface area contributed by atoms with E-state index in [4.69, 9.17) is 21.4 Å². The Balaban J connectivity index is 2.50. The van der Waals surface area contributed by atoms with Crippen LogP contribution in [0, 0.1) is 6.92 Å². The number of aliphatic carboxylic acids is 1. The Bertz CT molecular complexity index is 539. The molecular weight excluding hydrogens is 324 g/mol. The van der Waals surface area contributed by atoms with Gasteiger partial charge in [-0.25, -0.2) is 0 Å². The molecule has 0 aliphatic rings. The average Bonchev–Trinajstić information content (AvgIpc) is 2.49. The number of ether oxygens (including phenoxy) is 1. The van der Waals surface area contributed by atoms with Crippen molar-refractivity contribution >= 4 is 29.2 Å². The van der Waals surface area contributed by atoms with Gasteiger partial charge in [-0.3, -0.25) is 4.79 Å². The van der Waals surface area contributed by atoms with Gasteiger partial charge in [0.15, 0.2) is 0 Å². The van der Waals surface area contributed by atoms with Crippen LogP contribution in [0.1, 0.15) is 12.0 Å². The molecule has 23 heavy (non-hydrogen) atoms. The van der Waals surface area contributed by atoms with Gasteiger partial charge in [-0.2, -0.15) is 0 Å². The fourth-order valence-electron chi connectivity index (χ4n) is 1.91. The first-order valence-electron chi connectivity index (χ1n) is 7.23. The molecule has 0 bridgehead atoms. The van der Waals surface area contributed by atoms with E-state index in [1.165, 1.54) is 5.32 Å². The average molecular weight is 345 g/mol. The first-order chi connectivity index (χ1) is 10.9. The molecule has 0 fully saturated rings. The van der Waals surface area contributed by atoms with Crippen molar-refractivity contribution in [1.82, 2.24) is 0 Å². The van der Waals surface area contributed by atoms with Crippen LogP contribution in [0.4, 0.5) is 5.69 Å². The van der Waals surface area contributed by atoms with Crippen molar-refractivity contribution in [2.75, 3.05) is 31.7 Å². The van der Waals surface area contributed by atoms with Crippen molar-refractivity contribution in [2.45, 2.75) is 19.4 Å². The molecule has 0 aliphatic carbocycles. The highest BCUT2D eigenvalue weighted by atomic mass is 35.5. The number of halogens is 1. The second-order valence-corrected chi connectivity index (χ2v) is 5.43. The molecule has 0 unspecified atom stereocenters. The lowest BCUT2D eigenvalue weighted by atomic mass is 10.1. The number of carboxylic acid groups (broad SMARTS) is 1. The number of carbonyl (C=O) groups excluding carboxylic acids is 2. The molecule has 1 aromatic rings. The second kappa shape index (κ2) is 10.2. The highest BCUT2D eigenvalue weighted by Gasteiger charge is 2.18. The van der Waals surface area contributed by atoms with Gasteiger partial charge in [0.2, 0.25) is 5.91 Å². The summed E-state index contributed by atoms with van der Waals surface area (Å²) in [5.41, 5.74) is 1.38. The summed E-state index contributed by atoms with van der Waals surface area (Å²) in [6, 6.07) is 4.07. The van der Waals surface area contributed by atoms with Crippen molar-refractivity contribution in [3.8, 4) is 0 Å². The van der Waals surface area contributed by atoms with E-state index in [0.717, 1.165) is 5.56 Å². The number of rotatable bonds is 10. The summed E-state index contributed by atoms with van der Waals surface area (Å²) in [6.07, 6.45) is -0.228. The third-order valence-electron chi connectivity index (χ3n) is 3.13. The van der Waals surface area contributed by atoms with E-state index in [1.54, 1.807) is 18.2 Å². The number of aliphatic hydroxyl groups excluding tert-OH is 1. The van der Waals surface area contributed by atoms with E-state index >= 15 is 0 Å². The van der Waals surface area contributed by atoms with E-state index in [2.05, 4.69) is 5.32 Å². The number of carbonyl (C=O) groups is 2. The zero-order valence-corrected chi connectivity index (χ0v) is 13.6. The molecule has 0 saturated heterocycles. The molecule has 1 rings (SSSR count). The Morgan fingerprint density at radius 1 is 1.43 bits per heavy atom. The molecule has 8 heteroatoms. The summed E-state index contributed by atoms with van der Waals surface area (Å²) < 4.78 is 5.03. The van der Waals surface area contributed by atoms with Crippen LogP contribution in [0.15, 0.2) is 18.2 Å². The van der Waals surface area contributed by atoms with Crippen LogP contribution in [0.3, 0.4) is 0 Å². The minimum Gasteiger partial charge on any atom is -0.544 e. The molecule has 0 radical (unpaired) electrons.